The van der Waals surface area contributed by atoms with Crippen LogP contribution in [-0.2, 0) is 11.2 Å². The van der Waals surface area contributed by atoms with Crippen molar-refractivity contribution in [3.63, 3.8) is 0 Å². The van der Waals surface area contributed by atoms with Gasteiger partial charge in [0.05, 0.1) is 5.69 Å². The molecule has 0 saturated heterocycles. The first kappa shape index (κ1) is 14.8. The zero-order valence-corrected chi connectivity index (χ0v) is 12.0. The van der Waals surface area contributed by atoms with E-state index in [1.165, 1.54) is 5.56 Å². The van der Waals surface area contributed by atoms with Crippen molar-refractivity contribution < 1.29 is 9.53 Å². The van der Waals surface area contributed by atoms with Gasteiger partial charge >= 0.3 is 0 Å². The number of ether oxygens (including phenoxy) is 1. The number of carbonyl (C=O) groups excluding carboxylic acids is 1. The normalized spacial score (nSPS) is 10.7. The molecule has 1 amide bonds. The first-order chi connectivity index (χ1) is 10.2. The Labute approximate surface area is 124 Å². The number of aliphatic imine (C=N–C) groups is 1. The summed E-state index contributed by atoms with van der Waals surface area (Å²) in [6.07, 6.45) is 2.76. The minimum Gasteiger partial charge on any atom is -0.484 e. The van der Waals surface area contributed by atoms with Crippen molar-refractivity contribution in [3.8, 4) is 5.75 Å². The van der Waals surface area contributed by atoms with Crippen LogP contribution in [0.25, 0.3) is 0 Å². The number of hydrogen-bond donors (Lipinski definition) is 1. The zero-order chi connectivity index (χ0) is 15.1. The first-order valence-electron chi connectivity index (χ1n) is 6.82. The molecule has 21 heavy (non-hydrogen) atoms. The number of rotatable bonds is 6. The summed E-state index contributed by atoms with van der Waals surface area (Å²) in [7, 11) is 0. The summed E-state index contributed by atoms with van der Waals surface area (Å²) in [4.78, 5) is 15.1. The van der Waals surface area contributed by atoms with E-state index in [2.05, 4.69) is 18.0 Å². The van der Waals surface area contributed by atoms with Crippen molar-refractivity contribution in [1.82, 2.24) is 0 Å². The van der Waals surface area contributed by atoms with Gasteiger partial charge in [-0.05, 0) is 47.9 Å². The molecule has 0 bridgehead atoms. The van der Waals surface area contributed by atoms with Gasteiger partial charge in [-0.1, -0.05) is 25.1 Å². The minimum atomic E-state index is -0.489. The number of nitrogens with zero attached hydrogens (tertiary/aromatic N) is 1. The number of aryl methyl sites for hydroxylation is 1. The Kier molecular flexibility index (Phi) is 5.10. The molecule has 0 unspecified atom stereocenters. The van der Waals surface area contributed by atoms with E-state index in [0.717, 1.165) is 17.7 Å². The summed E-state index contributed by atoms with van der Waals surface area (Å²) in [5.41, 5.74) is 8.19. The second-order valence-corrected chi connectivity index (χ2v) is 4.56. The summed E-state index contributed by atoms with van der Waals surface area (Å²) >= 11 is 0. The van der Waals surface area contributed by atoms with E-state index in [1.807, 2.05) is 36.5 Å². The molecule has 0 aliphatic heterocycles. The monoisotopic (exact) mass is 282 g/mol. The van der Waals surface area contributed by atoms with Gasteiger partial charge in [-0.25, -0.2) is 0 Å². The molecule has 0 aromatic heterocycles. The van der Waals surface area contributed by atoms with Gasteiger partial charge in [0.2, 0.25) is 0 Å². The fourth-order valence-electron chi connectivity index (χ4n) is 1.88. The summed E-state index contributed by atoms with van der Waals surface area (Å²) < 4.78 is 5.20. The third kappa shape index (κ3) is 4.45. The minimum absolute atomic E-state index is 0.114. The highest BCUT2D eigenvalue weighted by Gasteiger charge is 1.98. The standard InChI is InChI=1S/C17H18N2O2/c1-2-14-5-3-4-6-16(14)19-11-13-7-9-15(10-8-13)21-12-17(18)20/h3-11H,2,12H2,1H3,(H2,18,20). The van der Waals surface area contributed by atoms with Gasteiger partial charge < -0.3 is 10.5 Å². The number of para-hydroxylation sites is 1. The van der Waals surface area contributed by atoms with Crippen LogP contribution in [0.5, 0.6) is 5.75 Å². The van der Waals surface area contributed by atoms with Crippen molar-refractivity contribution >= 4 is 17.8 Å². The highest BCUT2D eigenvalue weighted by Crippen LogP contribution is 2.19. The second-order valence-electron chi connectivity index (χ2n) is 4.56. The van der Waals surface area contributed by atoms with E-state index in [1.54, 1.807) is 12.1 Å². The summed E-state index contributed by atoms with van der Waals surface area (Å²) in [6.45, 7) is 2.00. The Morgan fingerprint density at radius 2 is 1.90 bits per heavy atom. The Bertz CT molecular complexity index is 633. The maximum absolute atomic E-state index is 10.6. The third-order valence-corrected chi connectivity index (χ3v) is 2.99. The van der Waals surface area contributed by atoms with E-state index < -0.39 is 5.91 Å². The zero-order valence-electron chi connectivity index (χ0n) is 12.0. The van der Waals surface area contributed by atoms with Gasteiger partial charge in [0.25, 0.3) is 5.91 Å². The number of amides is 1. The van der Waals surface area contributed by atoms with Crippen LogP contribution in [-0.4, -0.2) is 18.7 Å². The Balaban J connectivity index is 2.06. The second kappa shape index (κ2) is 7.24. The predicted molar refractivity (Wildman–Crippen MR) is 84.2 cm³/mol. The Morgan fingerprint density at radius 1 is 1.19 bits per heavy atom. The summed E-state index contributed by atoms with van der Waals surface area (Å²) in [5, 5.41) is 0. The summed E-state index contributed by atoms with van der Waals surface area (Å²) in [5.74, 6) is 0.122. The molecule has 0 aliphatic rings. The lowest BCUT2D eigenvalue weighted by Crippen LogP contribution is -2.19. The SMILES string of the molecule is CCc1ccccc1N=Cc1ccc(OCC(N)=O)cc1. The van der Waals surface area contributed by atoms with E-state index in [0.29, 0.717) is 5.75 Å². The molecule has 0 aliphatic carbocycles. The van der Waals surface area contributed by atoms with Gasteiger partial charge in [-0.15, -0.1) is 0 Å². The average Bonchev–Trinajstić information content (AvgIpc) is 2.52. The van der Waals surface area contributed by atoms with Crippen LogP contribution in [0.1, 0.15) is 18.1 Å². The molecular formula is C17H18N2O2. The van der Waals surface area contributed by atoms with E-state index in [4.69, 9.17) is 10.5 Å². The van der Waals surface area contributed by atoms with Crippen molar-refractivity contribution in [2.45, 2.75) is 13.3 Å². The van der Waals surface area contributed by atoms with Crippen molar-refractivity contribution in [2.24, 2.45) is 10.7 Å². The lowest BCUT2D eigenvalue weighted by Gasteiger charge is -2.04. The van der Waals surface area contributed by atoms with Crippen LogP contribution >= 0.6 is 0 Å². The van der Waals surface area contributed by atoms with Crippen LogP contribution in [0, 0.1) is 0 Å². The van der Waals surface area contributed by atoms with E-state index >= 15 is 0 Å². The largest absolute Gasteiger partial charge is 0.484 e. The molecule has 2 aromatic carbocycles. The molecule has 2 rings (SSSR count). The molecule has 0 spiro atoms. The quantitative estimate of drug-likeness (QED) is 0.828. The number of nitrogens with two attached hydrogens (primary N) is 1. The van der Waals surface area contributed by atoms with E-state index in [-0.39, 0.29) is 6.61 Å². The highest BCUT2D eigenvalue weighted by molar-refractivity contribution is 5.82. The third-order valence-electron chi connectivity index (χ3n) is 2.99. The predicted octanol–water partition coefficient (Wildman–Crippen LogP) is 2.86. The van der Waals surface area contributed by atoms with Gasteiger partial charge in [0.1, 0.15) is 5.75 Å². The molecule has 2 aromatic rings. The van der Waals surface area contributed by atoms with Crippen molar-refractivity contribution in [2.75, 3.05) is 6.61 Å². The number of hydrogen-bond acceptors (Lipinski definition) is 3. The molecule has 0 radical (unpaired) electrons. The fourth-order valence-corrected chi connectivity index (χ4v) is 1.88. The number of carbonyl (C=O) groups is 1. The number of benzene rings is 2. The Morgan fingerprint density at radius 3 is 2.57 bits per heavy atom. The highest BCUT2D eigenvalue weighted by atomic mass is 16.5. The Hall–Kier alpha value is -2.62. The van der Waals surface area contributed by atoms with Gasteiger partial charge in [0, 0.05) is 6.21 Å². The van der Waals surface area contributed by atoms with Gasteiger partial charge in [-0.2, -0.15) is 0 Å². The van der Waals surface area contributed by atoms with Crippen molar-refractivity contribution in [3.05, 3.63) is 59.7 Å². The molecule has 2 N–H and O–H groups in total. The molecular weight excluding hydrogens is 264 g/mol. The van der Waals surface area contributed by atoms with Crippen LogP contribution in [0.3, 0.4) is 0 Å². The van der Waals surface area contributed by atoms with Crippen LogP contribution in [0.15, 0.2) is 53.5 Å². The van der Waals surface area contributed by atoms with Crippen molar-refractivity contribution in [1.29, 1.82) is 0 Å². The fraction of sp³-hybridized carbons (Fsp3) is 0.176. The lowest BCUT2D eigenvalue weighted by molar-refractivity contribution is -0.119. The lowest BCUT2D eigenvalue weighted by atomic mass is 10.1. The smallest absolute Gasteiger partial charge is 0.255 e. The maximum Gasteiger partial charge on any atom is 0.255 e. The molecule has 4 heteroatoms. The number of primary amides is 1. The first-order valence-corrected chi connectivity index (χ1v) is 6.82. The maximum atomic E-state index is 10.6. The molecule has 4 nitrogen and oxygen atoms in total. The summed E-state index contributed by atoms with van der Waals surface area (Å²) in [6, 6.07) is 15.4. The van der Waals surface area contributed by atoms with Gasteiger partial charge in [0.15, 0.2) is 6.61 Å². The molecule has 0 atom stereocenters. The molecule has 0 saturated carbocycles. The molecule has 0 fully saturated rings. The van der Waals surface area contributed by atoms with Crippen LogP contribution in [0.2, 0.25) is 0 Å². The van der Waals surface area contributed by atoms with Gasteiger partial charge in [-0.3, -0.25) is 9.79 Å². The van der Waals surface area contributed by atoms with E-state index in [9.17, 15) is 4.79 Å². The average molecular weight is 282 g/mol. The molecule has 108 valence electrons. The molecule has 0 heterocycles. The topological polar surface area (TPSA) is 64.7 Å². The van der Waals surface area contributed by atoms with Crippen LogP contribution in [0.4, 0.5) is 5.69 Å². The van der Waals surface area contributed by atoms with Crippen LogP contribution < -0.4 is 10.5 Å².